The van der Waals surface area contributed by atoms with Crippen LogP contribution in [-0.4, -0.2) is 52.7 Å². The maximum absolute atomic E-state index is 6.48. The summed E-state index contributed by atoms with van der Waals surface area (Å²) < 4.78 is 5.52. The molecule has 1 unspecified atom stereocenters. The highest BCUT2D eigenvalue weighted by Crippen LogP contribution is 2.46. The van der Waals surface area contributed by atoms with Crippen LogP contribution in [0.4, 0.5) is 0 Å². The number of fused-ring (bicyclic) bond motifs is 1. The molecule has 1 aromatic carbocycles. The fourth-order valence-corrected chi connectivity index (χ4v) is 5.19. The molecule has 33 heavy (non-hydrogen) atoms. The summed E-state index contributed by atoms with van der Waals surface area (Å²) in [5, 5.41) is 1.03. The van der Waals surface area contributed by atoms with Crippen molar-refractivity contribution < 1.29 is 4.74 Å². The molecule has 170 valence electrons. The molecule has 0 radical (unpaired) electrons. The third-order valence-corrected chi connectivity index (χ3v) is 7.10. The summed E-state index contributed by atoms with van der Waals surface area (Å²) in [6, 6.07) is 10.7. The lowest BCUT2D eigenvalue weighted by molar-refractivity contribution is 0.0537. The number of H-pyrrole nitrogens is 1. The van der Waals surface area contributed by atoms with Gasteiger partial charge in [-0.2, -0.15) is 0 Å². The number of aromatic amines is 1. The number of nitrogens with two attached hydrogens (primary N) is 1. The Kier molecular flexibility index (Phi) is 5.87. The molecule has 3 heterocycles. The van der Waals surface area contributed by atoms with E-state index in [1.807, 2.05) is 18.3 Å². The number of benzene rings is 1. The summed E-state index contributed by atoms with van der Waals surface area (Å²) in [6.45, 7) is 10.3. The largest absolute Gasteiger partial charge is 0.378 e. The molecule has 3 aromatic rings. The summed E-state index contributed by atoms with van der Waals surface area (Å²) in [7, 11) is 0. The maximum atomic E-state index is 6.48. The minimum absolute atomic E-state index is 0.152. The van der Waals surface area contributed by atoms with Crippen LogP contribution in [0.3, 0.4) is 0 Å². The average Bonchev–Trinajstić information content (AvgIpc) is 3.50. The summed E-state index contributed by atoms with van der Waals surface area (Å²) in [6.07, 6.45) is 9.65. The molecule has 3 N–H and O–H groups in total. The molecule has 0 saturated carbocycles. The molecule has 1 fully saturated rings. The van der Waals surface area contributed by atoms with Gasteiger partial charge in [-0.1, -0.05) is 30.9 Å². The summed E-state index contributed by atoms with van der Waals surface area (Å²) >= 11 is 0. The Morgan fingerprint density at radius 2 is 2.03 bits per heavy atom. The number of ether oxygens (including phenoxy) is 1. The van der Waals surface area contributed by atoms with E-state index in [0.29, 0.717) is 6.54 Å². The average molecular weight is 442 g/mol. The van der Waals surface area contributed by atoms with Crippen LogP contribution in [0.15, 0.2) is 78.4 Å². The van der Waals surface area contributed by atoms with E-state index in [0.717, 1.165) is 61.4 Å². The van der Waals surface area contributed by atoms with Gasteiger partial charge in [0.2, 0.25) is 0 Å². The topological polar surface area (TPSA) is 80.1 Å². The number of nitrogens with zero attached hydrogens (tertiary/aromatic N) is 3. The first-order chi connectivity index (χ1) is 16.1. The van der Waals surface area contributed by atoms with Crippen LogP contribution in [0.1, 0.15) is 25.3 Å². The number of hydrogen-bond acceptors (Lipinski definition) is 5. The first kappa shape index (κ1) is 21.6. The second-order valence-corrected chi connectivity index (χ2v) is 9.02. The van der Waals surface area contributed by atoms with Gasteiger partial charge in [0.05, 0.1) is 18.9 Å². The molecule has 2 aliphatic rings. The predicted molar refractivity (Wildman–Crippen MR) is 133 cm³/mol. The lowest BCUT2D eigenvalue weighted by Gasteiger charge is -2.30. The number of rotatable bonds is 6. The van der Waals surface area contributed by atoms with Gasteiger partial charge in [0.25, 0.3) is 0 Å². The van der Waals surface area contributed by atoms with Gasteiger partial charge in [0, 0.05) is 47.9 Å². The SMILES string of the molecule is C=CC1=C(/C=C(\C)N2CCOCC2)CC(CN)(c2cccc(-c3ncnc4[nH]ccc34)c2)C1. The van der Waals surface area contributed by atoms with Crippen molar-refractivity contribution >= 4 is 11.0 Å². The molecule has 6 heteroatoms. The molecule has 0 amide bonds. The molecule has 0 bridgehead atoms. The van der Waals surface area contributed by atoms with Gasteiger partial charge in [0.15, 0.2) is 0 Å². The Morgan fingerprint density at radius 1 is 1.21 bits per heavy atom. The molecule has 1 atom stereocenters. The minimum atomic E-state index is -0.152. The standard InChI is InChI=1S/C27H31N5O/c1-3-20-15-27(17-28,16-22(20)13-19(2)32-9-11-33-12-10-32)23-6-4-5-21(14-23)25-24-7-8-29-26(24)31-18-30-25/h3-8,13-14,18H,1,9-12,15-17,28H2,2H3,(H,29,30,31)/b19-13+. The molecule has 2 aromatic heterocycles. The number of morpholine rings is 1. The van der Waals surface area contributed by atoms with Crippen molar-refractivity contribution in [3.05, 3.63) is 84.0 Å². The van der Waals surface area contributed by atoms with Gasteiger partial charge in [0.1, 0.15) is 12.0 Å². The van der Waals surface area contributed by atoms with E-state index >= 15 is 0 Å². The lowest BCUT2D eigenvalue weighted by atomic mass is 9.76. The van der Waals surface area contributed by atoms with Crippen LogP contribution < -0.4 is 5.73 Å². The molecule has 1 saturated heterocycles. The van der Waals surface area contributed by atoms with Crippen LogP contribution in [0.25, 0.3) is 22.3 Å². The number of allylic oxidation sites excluding steroid dienone is 5. The van der Waals surface area contributed by atoms with Gasteiger partial charge in [-0.25, -0.2) is 9.97 Å². The fraction of sp³-hybridized carbons (Fsp3) is 0.333. The molecular formula is C27H31N5O. The lowest BCUT2D eigenvalue weighted by Crippen LogP contribution is -2.35. The van der Waals surface area contributed by atoms with Gasteiger partial charge in [-0.3, -0.25) is 0 Å². The molecule has 1 aliphatic heterocycles. The quantitative estimate of drug-likeness (QED) is 0.595. The number of aromatic nitrogens is 3. The van der Waals surface area contributed by atoms with Gasteiger partial charge in [-0.15, -0.1) is 0 Å². The third kappa shape index (κ3) is 4.01. The van der Waals surface area contributed by atoms with Crippen molar-refractivity contribution in [2.24, 2.45) is 5.73 Å². The van der Waals surface area contributed by atoms with Crippen molar-refractivity contribution in [3.63, 3.8) is 0 Å². The molecule has 5 rings (SSSR count). The third-order valence-electron chi connectivity index (χ3n) is 7.10. The van der Waals surface area contributed by atoms with Crippen molar-refractivity contribution in [3.8, 4) is 11.3 Å². The predicted octanol–water partition coefficient (Wildman–Crippen LogP) is 4.33. The Bertz CT molecular complexity index is 1230. The summed E-state index contributed by atoms with van der Waals surface area (Å²) in [5.41, 5.74) is 14.3. The first-order valence-corrected chi connectivity index (χ1v) is 11.6. The van der Waals surface area contributed by atoms with Gasteiger partial charge in [-0.05, 0) is 54.7 Å². The molecule has 6 nitrogen and oxygen atoms in total. The second-order valence-electron chi connectivity index (χ2n) is 9.02. The summed E-state index contributed by atoms with van der Waals surface area (Å²) in [4.78, 5) is 14.5. The Labute approximate surface area is 194 Å². The van der Waals surface area contributed by atoms with Gasteiger partial charge >= 0.3 is 0 Å². The summed E-state index contributed by atoms with van der Waals surface area (Å²) in [5.74, 6) is 0. The second kappa shape index (κ2) is 8.96. The Hall–Kier alpha value is -3.22. The van der Waals surface area contributed by atoms with E-state index in [-0.39, 0.29) is 5.41 Å². The highest BCUT2D eigenvalue weighted by Gasteiger charge is 2.38. The van der Waals surface area contributed by atoms with Crippen molar-refractivity contribution in [2.45, 2.75) is 25.2 Å². The van der Waals surface area contributed by atoms with Crippen LogP contribution in [0.2, 0.25) is 0 Å². The van der Waals surface area contributed by atoms with Crippen LogP contribution in [0.5, 0.6) is 0 Å². The van der Waals surface area contributed by atoms with E-state index in [1.54, 1.807) is 6.33 Å². The van der Waals surface area contributed by atoms with Crippen LogP contribution in [-0.2, 0) is 10.2 Å². The Morgan fingerprint density at radius 3 is 2.82 bits per heavy atom. The van der Waals surface area contributed by atoms with Gasteiger partial charge < -0.3 is 20.4 Å². The van der Waals surface area contributed by atoms with Crippen LogP contribution in [0, 0.1) is 0 Å². The minimum Gasteiger partial charge on any atom is -0.378 e. The van der Waals surface area contributed by atoms with Crippen molar-refractivity contribution in [1.82, 2.24) is 19.9 Å². The molecular weight excluding hydrogens is 410 g/mol. The van der Waals surface area contributed by atoms with Crippen LogP contribution >= 0.6 is 0 Å². The molecule has 0 spiro atoms. The van der Waals surface area contributed by atoms with E-state index < -0.39 is 0 Å². The van der Waals surface area contributed by atoms with Crippen molar-refractivity contribution in [1.29, 1.82) is 0 Å². The highest BCUT2D eigenvalue weighted by atomic mass is 16.5. The zero-order valence-electron chi connectivity index (χ0n) is 19.2. The number of hydrogen-bond donors (Lipinski definition) is 2. The zero-order valence-corrected chi connectivity index (χ0v) is 19.2. The fourth-order valence-electron chi connectivity index (χ4n) is 5.19. The monoisotopic (exact) mass is 441 g/mol. The normalized spacial score (nSPS) is 21.8. The van der Waals surface area contributed by atoms with E-state index in [2.05, 4.69) is 63.7 Å². The first-order valence-electron chi connectivity index (χ1n) is 11.6. The van der Waals surface area contributed by atoms with E-state index in [4.69, 9.17) is 10.5 Å². The van der Waals surface area contributed by atoms with E-state index in [9.17, 15) is 0 Å². The molecule has 1 aliphatic carbocycles. The zero-order chi connectivity index (χ0) is 22.8. The van der Waals surface area contributed by atoms with Crippen molar-refractivity contribution in [2.75, 3.05) is 32.8 Å². The smallest absolute Gasteiger partial charge is 0.141 e. The highest BCUT2D eigenvalue weighted by molar-refractivity contribution is 5.90. The van der Waals surface area contributed by atoms with E-state index in [1.165, 1.54) is 22.4 Å². The maximum Gasteiger partial charge on any atom is 0.141 e. The number of nitrogens with one attached hydrogen (secondary N) is 1. The Balaban J connectivity index is 1.48.